The van der Waals surface area contributed by atoms with Gasteiger partial charge in [-0.3, -0.25) is 4.99 Å². The van der Waals surface area contributed by atoms with Crippen molar-refractivity contribution in [3.8, 4) is 0 Å². The summed E-state index contributed by atoms with van der Waals surface area (Å²) >= 11 is 0. The summed E-state index contributed by atoms with van der Waals surface area (Å²) in [5, 5.41) is 6.76. The molecule has 1 aliphatic heterocycles. The van der Waals surface area contributed by atoms with Crippen LogP contribution < -0.4 is 10.6 Å². The second kappa shape index (κ2) is 13.5. The third-order valence-electron chi connectivity index (χ3n) is 5.03. The van der Waals surface area contributed by atoms with E-state index in [1.165, 1.54) is 5.56 Å². The van der Waals surface area contributed by atoms with Crippen LogP contribution in [0.2, 0.25) is 0 Å². The Balaban J connectivity index is 1.71. The van der Waals surface area contributed by atoms with Crippen molar-refractivity contribution >= 4 is 5.96 Å². The van der Waals surface area contributed by atoms with Gasteiger partial charge in [0.15, 0.2) is 5.96 Å². The second-order valence-corrected chi connectivity index (χ2v) is 7.52. The minimum Gasteiger partial charge on any atom is -0.381 e. The maximum atomic E-state index is 5.84. The van der Waals surface area contributed by atoms with Crippen LogP contribution in [0.3, 0.4) is 0 Å². The molecule has 1 aliphatic rings. The molecular weight excluding hydrogens is 352 g/mol. The highest BCUT2D eigenvalue weighted by Crippen LogP contribution is 2.18. The fraction of sp³-hybridized carbons (Fsp3) is 0.682. The molecule has 158 valence electrons. The van der Waals surface area contributed by atoms with Gasteiger partial charge in [-0.05, 0) is 51.8 Å². The highest BCUT2D eigenvalue weighted by atomic mass is 16.5. The second-order valence-electron chi connectivity index (χ2n) is 7.52. The molecule has 0 aliphatic carbocycles. The van der Waals surface area contributed by atoms with Gasteiger partial charge >= 0.3 is 0 Å². The summed E-state index contributed by atoms with van der Waals surface area (Å²) in [6.07, 6.45) is 3.23. The summed E-state index contributed by atoms with van der Waals surface area (Å²) in [6, 6.07) is 10.8. The monoisotopic (exact) mass is 390 g/mol. The van der Waals surface area contributed by atoms with Crippen LogP contribution in [0.1, 0.15) is 37.8 Å². The smallest absolute Gasteiger partial charge is 0.191 e. The highest BCUT2D eigenvalue weighted by Gasteiger charge is 2.14. The molecule has 1 unspecified atom stereocenters. The molecule has 2 N–H and O–H groups in total. The Labute approximate surface area is 170 Å². The van der Waals surface area contributed by atoms with Crippen molar-refractivity contribution in [2.24, 2.45) is 10.9 Å². The van der Waals surface area contributed by atoms with E-state index >= 15 is 0 Å². The quantitative estimate of drug-likeness (QED) is 0.346. The Morgan fingerprint density at radius 2 is 1.96 bits per heavy atom. The van der Waals surface area contributed by atoms with Gasteiger partial charge in [0.05, 0.1) is 12.6 Å². The predicted molar refractivity (Wildman–Crippen MR) is 116 cm³/mol. The lowest BCUT2D eigenvalue weighted by Crippen LogP contribution is -2.38. The molecule has 0 spiro atoms. The van der Waals surface area contributed by atoms with Crippen LogP contribution in [0.25, 0.3) is 0 Å². The molecule has 1 saturated heterocycles. The van der Waals surface area contributed by atoms with E-state index in [0.717, 1.165) is 64.7 Å². The molecule has 1 aromatic carbocycles. The highest BCUT2D eigenvalue weighted by molar-refractivity contribution is 5.79. The number of hydrogen-bond acceptors (Lipinski definition) is 4. The lowest BCUT2D eigenvalue weighted by molar-refractivity contribution is 0.0203. The van der Waals surface area contributed by atoms with Gasteiger partial charge in [0.1, 0.15) is 0 Å². The number of rotatable bonds is 11. The average molecular weight is 391 g/mol. The maximum Gasteiger partial charge on any atom is 0.191 e. The Morgan fingerprint density at radius 3 is 2.64 bits per heavy atom. The van der Waals surface area contributed by atoms with Crippen molar-refractivity contribution in [2.75, 3.05) is 60.2 Å². The van der Waals surface area contributed by atoms with Gasteiger partial charge < -0.3 is 25.0 Å². The van der Waals surface area contributed by atoms with Crippen molar-refractivity contribution in [3.05, 3.63) is 35.9 Å². The number of likely N-dealkylation sites (N-methyl/N-ethyl adjacent to an activating group) is 1. The Hall–Kier alpha value is -1.63. The normalized spacial score (nSPS) is 16.9. The van der Waals surface area contributed by atoms with Crippen LogP contribution in [0.15, 0.2) is 35.3 Å². The van der Waals surface area contributed by atoms with Crippen molar-refractivity contribution in [2.45, 2.75) is 32.2 Å². The van der Waals surface area contributed by atoms with Crippen LogP contribution in [0, 0.1) is 5.92 Å². The number of hydrogen-bond donors (Lipinski definition) is 2. The number of nitrogens with one attached hydrogen (secondary N) is 2. The average Bonchev–Trinajstić information content (AvgIpc) is 2.72. The zero-order chi connectivity index (χ0) is 20.0. The molecule has 1 heterocycles. The number of aliphatic imine (C=N–C) groups is 1. The molecule has 28 heavy (non-hydrogen) atoms. The SMILES string of the molecule is CCNC(=NCC(c1ccccc1)N(C)C)NCCCOCC1CCOCC1. The maximum absolute atomic E-state index is 5.84. The van der Waals surface area contributed by atoms with E-state index in [9.17, 15) is 0 Å². The minimum atomic E-state index is 0.263. The third-order valence-corrected chi connectivity index (χ3v) is 5.03. The molecule has 0 aromatic heterocycles. The molecule has 1 aromatic rings. The number of nitrogens with zero attached hydrogens (tertiary/aromatic N) is 2. The zero-order valence-corrected chi connectivity index (χ0v) is 17.8. The van der Waals surface area contributed by atoms with E-state index in [1.54, 1.807) is 0 Å². The van der Waals surface area contributed by atoms with Gasteiger partial charge in [-0.25, -0.2) is 0 Å². The fourth-order valence-electron chi connectivity index (χ4n) is 3.31. The summed E-state index contributed by atoms with van der Waals surface area (Å²) in [7, 11) is 4.20. The molecule has 1 fully saturated rings. The lowest BCUT2D eigenvalue weighted by atomic mass is 10.0. The van der Waals surface area contributed by atoms with Gasteiger partial charge in [0.2, 0.25) is 0 Å². The molecule has 0 radical (unpaired) electrons. The standard InChI is InChI=1S/C22H38N4O2/c1-4-23-22(24-13-8-14-28-18-19-11-15-27-16-12-19)25-17-21(26(2)3)20-9-6-5-7-10-20/h5-7,9-10,19,21H,4,8,11-18H2,1-3H3,(H2,23,24,25). The molecule has 0 amide bonds. The van der Waals surface area contributed by atoms with E-state index in [2.05, 4.69) is 66.9 Å². The summed E-state index contributed by atoms with van der Waals surface area (Å²) in [5.74, 6) is 1.54. The molecular formula is C22H38N4O2. The Bertz CT molecular complexity index is 545. The van der Waals surface area contributed by atoms with Crippen LogP contribution >= 0.6 is 0 Å². The van der Waals surface area contributed by atoms with Gasteiger partial charge in [0, 0.05) is 39.5 Å². The number of benzene rings is 1. The lowest BCUT2D eigenvalue weighted by Gasteiger charge is -2.23. The first-order valence-electron chi connectivity index (χ1n) is 10.6. The zero-order valence-electron chi connectivity index (χ0n) is 17.8. The van der Waals surface area contributed by atoms with Crippen LogP contribution in [0.5, 0.6) is 0 Å². The van der Waals surface area contributed by atoms with Crippen molar-refractivity contribution in [3.63, 3.8) is 0 Å². The predicted octanol–water partition coefficient (Wildman–Crippen LogP) is 2.68. The molecule has 6 heteroatoms. The van der Waals surface area contributed by atoms with Crippen LogP contribution in [-0.4, -0.2) is 71.0 Å². The van der Waals surface area contributed by atoms with Gasteiger partial charge in [-0.1, -0.05) is 30.3 Å². The number of ether oxygens (including phenoxy) is 2. The first kappa shape index (κ1) is 22.7. The minimum absolute atomic E-state index is 0.263. The molecule has 0 bridgehead atoms. The molecule has 2 rings (SSSR count). The van der Waals surface area contributed by atoms with Crippen LogP contribution in [-0.2, 0) is 9.47 Å². The first-order valence-corrected chi connectivity index (χ1v) is 10.6. The summed E-state index contributed by atoms with van der Waals surface area (Å²) in [4.78, 5) is 7.02. The fourth-order valence-corrected chi connectivity index (χ4v) is 3.31. The molecule has 1 atom stereocenters. The van der Waals surface area contributed by atoms with E-state index in [4.69, 9.17) is 14.5 Å². The largest absolute Gasteiger partial charge is 0.381 e. The van der Waals surface area contributed by atoms with Crippen LogP contribution in [0.4, 0.5) is 0 Å². The van der Waals surface area contributed by atoms with E-state index in [-0.39, 0.29) is 6.04 Å². The van der Waals surface area contributed by atoms with Crippen molar-refractivity contribution in [1.29, 1.82) is 0 Å². The van der Waals surface area contributed by atoms with Gasteiger partial charge in [-0.15, -0.1) is 0 Å². The van der Waals surface area contributed by atoms with Gasteiger partial charge in [0.25, 0.3) is 0 Å². The number of guanidine groups is 1. The van der Waals surface area contributed by atoms with E-state index in [1.807, 2.05) is 0 Å². The Kier molecular flexibility index (Phi) is 10.9. The topological polar surface area (TPSA) is 58.1 Å². The van der Waals surface area contributed by atoms with Crippen molar-refractivity contribution in [1.82, 2.24) is 15.5 Å². The first-order chi connectivity index (χ1) is 13.7. The third kappa shape index (κ3) is 8.59. The summed E-state index contributed by atoms with van der Waals surface area (Å²) < 4.78 is 11.2. The summed E-state index contributed by atoms with van der Waals surface area (Å²) in [6.45, 7) is 7.93. The summed E-state index contributed by atoms with van der Waals surface area (Å²) in [5.41, 5.74) is 1.29. The Morgan fingerprint density at radius 1 is 1.21 bits per heavy atom. The molecule has 6 nitrogen and oxygen atoms in total. The van der Waals surface area contributed by atoms with Crippen molar-refractivity contribution < 1.29 is 9.47 Å². The van der Waals surface area contributed by atoms with E-state index in [0.29, 0.717) is 12.5 Å². The molecule has 0 saturated carbocycles. The van der Waals surface area contributed by atoms with Gasteiger partial charge in [-0.2, -0.15) is 0 Å². The van der Waals surface area contributed by atoms with E-state index < -0.39 is 0 Å².